The third-order valence-electron chi connectivity index (χ3n) is 5.32. The normalized spacial score (nSPS) is 12.6. The number of hydrogen-bond donors (Lipinski definition) is 1. The van der Waals surface area contributed by atoms with E-state index < -0.39 is 0 Å². The minimum Gasteiger partial charge on any atom is -0.344 e. The first-order chi connectivity index (χ1) is 15.1. The monoisotopic (exact) mass is 447 g/mol. The fourth-order valence-corrected chi connectivity index (χ4v) is 4.81. The fraction of sp³-hybridized carbons (Fsp3) is 0.0833. The van der Waals surface area contributed by atoms with Gasteiger partial charge >= 0.3 is 0 Å². The molecule has 0 saturated heterocycles. The second-order valence-corrected chi connectivity index (χ2v) is 8.67. The number of halogens is 1. The molecule has 31 heavy (non-hydrogen) atoms. The van der Waals surface area contributed by atoms with E-state index in [9.17, 15) is 9.59 Å². The molecule has 0 aliphatic carbocycles. The summed E-state index contributed by atoms with van der Waals surface area (Å²) in [7, 11) is 0. The number of benzene rings is 2. The van der Waals surface area contributed by atoms with Crippen LogP contribution in [0.4, 0.5) is 11.4 Å². The Morgan fingerprint density at radius 2 is 1.74 bits per heavy atom. The van der Waals surface area contributed by atoms with Crippen LogP contribution in [0.5, 0.6) is 0 Å². The van der Waals surface area contributed by atoms with Crippen molar-refractivity contribution < 1.29 is 9.59 Å². The average Bonchev–Trinajstić information content (AvgIpc) is 3.39. The molecule has 2 amide bonds. The van der Waals surface area contributed by atoms with Gasteiger partial charge in [-0.2, -0.15) is 0 Å². The van der Waals surface area contributed by atoms with Crippen molar-refractivity contribution in [2.45, 2.75) is 13.1 Å². The van der Waals surface area contributed by atoms with Gasteiger partial charge in [0, 0.05) is 28.0 Å². The molecule has 0 fully saturated rings. The van der Waals surface area contributed by atoms with E-state index in [0.717, 1.165) is 22.8 Å². The van der Waals surface area contributed by atoms with E-state index in [2.05, 4.69) is 9.88 Å². The van der Waals surface area contributed by atoms with E-state index in [-0.39, 0.29) is 11.8 Å². The summed E-state index contributed by atoms with van der Waals surface area (Å²) in [6.07, 6.45) is 2.04. The van der Waals surface area contributed by atoms with E-state index in [4.69, 9.17) is 11.6 Å². The summed E-state index contributed by atoms with van der Waals surface area (Å²) in [5, 5.41) is 5.24. The number of nitrogens with one attached hydrogen (secondary N) is 1. The largest absolute Gasteiger partial charge is 0.344 e. The summed E-state index contributed by atoms with van der Waals surface area (Å²) in [5.41, 5.74) is 3.62. The number of amides is 2. The number of anilines is 2. The fourth-order valence-electron chi connectivity index (χ4n) is 3.72. The molecule has 2 aromatic carbocycles. The Morgan fingerprint density at radius 3 is 2.55 bits per heavy atom. The number of fused-ring (bicyclic) bond motifs is 2. The first kappa shape index (κ1) is 19.6. The molecule has 2 aromatic heterocycles. The number of rotatable bonds is 3. The maximum absolute atomic E-state index is 13.4. The minimum atomic E-state index is -0.291. The minimum absolute atomic E-state index is 0.0710. The van der Waals surface area contributed by atoms with Crippen molar-refractivity contribution >= 4 is 46.1 Å². The molecule has 1 aliphatic heterocycles. The Labute approximate surface area is 188 Å². The van der Waals surface area contributed by atoms with Crippen LogP contribution in [0.2, 0.25) is 5.02 Å². The van der Waals surface area contributed by atoms with Gasteiger partial charge in [0.1, 0.15) is 0 Å². The lowest BCUT2D eigenvalue weighted by Gasteiger charge is -2.21. The van der Waals surface area contributed by atoms with Gasteiger partial charge in [-0.15, -0.1) is 11.3 Å². The molecule has 5 rings (SSSR count). The highest BCUT2D eigenvalue weighted by atomic mass is 35.5. The predicted molar refractivity (Wildman–Crippen MR) is 124 cm³/mol. The zero-order valence-corrected chi connectivity index (χ0v) is 18.0. The molecule has 3 heterocycles. The highest BCUT2D eigenvalue weighted by molar-refractivity contribution is 7.10. The second kappa shape index (κ2) is 8.06. The lowest BCUT2D eigenvalue weighted by atomic mass is 10.1. The third-order valence-corrected chi connectivity index (χ3v) is 6.55. The Hall–Kier alpha value is -3.35. The van der Waals surface area contributed by atoms with Crippen LogP contribution in [-0.2, 0) is 13.1 Å². The maximum Gasteiger partial charge on any atom is 0.258 e. The molecule has 1 aliphatic rings. The number of carbonyl (C=O) groups is 2. The van der Waals surface area contributed by atoms with E-state index in [1.54, 1.807) is 59.9 Å². The van der Waals surface area contributed by atoms with Gasteiger partial charge in [-0.05, 0) is 60.0 Å². The number of thiophene rings is 1. The molecule has 7 heteroatoms. The molecule has 0 radical (unpaired) electrons. The maximum atomic E-state index is 13.4. The zero-order valence-electron chi connectivity index (χ0n) is 16.4. The molecular formula is C24H18ClN3O2S. The number of aromatic nitrogens is 1. The van der Waals surface area contributed by atoms with Gasteiger partial charge < -0.3 is 14.8 Å². The van der Waals surface area contributed by atoms with Crippen molar-refractivity contribution in [3.05, 3.63) is 105 Å². The number of carbonyl (C=O) groups excluding carboxylic acids is 2. The van der Waals surface area contributed by atoms with Crippen molar-refractivity contribution in [3.8, 4) is 0 Å². The topological polar surface area (TPSA) is 54.3 Å². The van der Waals surface area contributed by atoms with Crippen LogP contribution < -0.4 is 10.2 Å². The van der Waals surface area contributed by atoms with Gasteiger partial charge in [0.15, 0.2) is 0 Å². The van der Waals surface area contributed by atoms with E-state index in [1.165, 1.54) is 0 Å². The van der Waals surface area contributed by atoms with E-state index in [1.807, 2.05) is 34.7 Å². The highest BCUT2D eigenvalue weighted by Gasteiger charge is 2.25. The van der Waals surface area contributed by atoms with Crippen LogP contribution in [0.15, 0.2) is 78.3 Å². The Morgan fingerprint density at radius 1 is 0.935 bits per heavy atom. The van der Waals surface area contributed by atoms with Crippen molar-refractivity contribution in [1.29, 1.82) is 0 Å². The average molecular weight is 448 g/mol. The quantitative estimate of drug-likeness (QED) is 0.440. The Balaban J connectivity index is 1.37. The summed E-state index contributed by atoms with van der Waals surface area (Å²) in [6.45, 7) is 1.28. The van der Waals surface area contributed by atoms with Crippen molar-refractivity contribution in [2.24, 2.45) is 0 Å². The summed E-state index contributed by atoms with van der Waals surface area (Å²) in [6, 6.07) is 19.9. The van der Waals surface area contributed by atoms with Crippen LogP contribution in [0.3, 0.4) is 0 Å². The van der Waals surface area contributed by atoms with Crippen LogP contribution in [-0.4, -0.2) is 16.4 Å². The molecule has 0 bridgehead atoms. The van der Waals surface area contributed by atoms with Crippen LogP contribution >= 0.6 is 22.9 Å². The molecule has 154 valence electrons. The summed E-state index contributed by atoms with van der Waals surface area (Å²) >= 11 is 7.76. The third kappa shape index (κ3) is 3.76. The molecule has 5 nitrogen and oxygen atoms in total. The van der Waals surface area contributed by atoms with Crippen molar-refractivity contribution in [2.75, 3.05) is 10.2 Å². The molecular weight excluding hydrogens is 430 g/mol. The molecule has 0 atom stereocenters. The van der Waals surface area contributed by atoms with Crippen LogP contribution in [0.1, 0.15) is 31.3 Å². The van der Waals surface area contributed by atoms with Crippen molar-refractivity contribution in [3.63, 3.8) is 0 Å². The Bertz CT molecular complexity index is 1280. The zero-order chi connectivity index (χ0) is 21.4. The second-order valence-electron chi connectivity index (χ2n) is 7.26. The van der Waals surface area contributed by atoms with Crippen LogP contribution in [0.25, 0.3) is 0 Å². The van der Waals surface area contributed by atoms with Gasteiger partial charge in [-0.25, -0.2) is 0 Å². The molecule has 4 aromatic rings. The number of nitrogens with zero attached hydrogens (tertiary/aromatic N) is 2. The molecule has 1 N–H and O–H groups in total. The summed E-state index contributed by atoms with van der Waals surface area (Å²) in [4.78, 5) is 28.8. The first-order valence-electron chi connectivity index (χ1n) is 9.78. The first-order valence-corrected chi connectivity index (χ1v) is 11.0. The van der Waals surface area contributed by atoms with Gasteiger partial charge in [-0.1, -0.05) is 23.7 Å². The van der Waals surface area contributed by atoms with E-state index in [0.29, 0.717) is 28.4 Å². The van der Waals surface area contributed by atoms with Gasteiger partial charge in [0.25, 0.3) is 11.8 Å². The Kier molecular flexibility index (Phi) is 5.10. The SMILES string of the molecule is O=C(Nc1ccc(C(=O)N2Cc3cccn3Cc3sccc32)cc1)c1ccccc1Cl. The lowest BCUT2D eigenvalue weighted by molar-refractivity contribution is 0.0984. The van der Waals surface area contributed by atoms with Crippen LogP contribution in [0, 0.1) is 0 Å². The number of hydrogen-bond acceptors (Lipinski definition) is 3. The standard InChI is InChI=1S/C24H18ClN3O2S/c25-20-6-2-1-5-19(20)23(29)26-17-9-7-16(8-10-17)24(30)28-14-18-4-3-12-27(18)15-22-21(28)11-13-31-22/h1-13H,14-15H2,(H,26,29). The summed E-state index contributed by atoms with van der Waals surface area (Å²) < 4.78 is 2.18. The van der Waals surface area contributed by atoms with Crippen molar-refractivity contribution in [1.82, 2.24) is 4.57 Å². The molecule has 0 saturated carbocycles. The van der Waals surface area contributed by atoms with Gasteiger partial charge in [0.05, 0.1) is 29.4 Å². The highest BCUT2D eigenvalue weighted by Crippen LogP contribution is 2.33. The van der Waals surface area contributed by atoms with Gasteiger partial charge in [-0.3, -0.25) is 9.59 Å². The van der Waals surface area contributed by atoms with Gasteiger partial charge in [0.2, 0.25) is 0 Å². The summed E-state index contributed by atoms with van der Waals surface area (Å²) in [5.74, 6) is -0.362. The smallest absolute Gasteiger partial charge is 0.258 e. The lowest BCUT2D eigenvalue weighted by Crippen LogP contribution is -2.30. The molecule has 0 unspecified atom stereocenters. The molecule has 0 spiro atoms. The predicted octanol–water partition coefficient (Wildman–Crippen LogP) is 5.66. The van der Waals surface area contributed by atoms with E-state index >= 15 is 0 Å².